The molecule has 0 amide bonds. The van der Waals surface area contributed by atoms with Crippen LogP contribution in [-0.4, -0.2) is 27.8 Å². The topological polar surface area (TPSA) is 85.6 Å². The van der Waals surface area contributed by atoms with Gasteiger partial charge in [-0.05, 0) is 38.5 Å². The van der Waals surface area contributed by atoms with E-state index in [1.54, 1.807) is 20.9 Å². The monoisotopic (exact) mass is 430 g/mol. The molecule has 0 fully saturated rings. The Morgan fingerprint density at radius 3 is 2.44 bits per heavy atom. The lowest BCUT2D eigenvalue weighted by Gasteiger charge is -2.32. The second kappa shape index (κ2) is 8.78. The number of hydrogen-bond donors (Lipinski definition) is 1. The normalized spacial score (nSPS) is 17.3. The summed E-state index contributed by atoms with van der Waals surface area (Å²) in [5.74, 6) is -0.487. The van der Waals surface area contributed by atoms with E-state index in [0.29, 0.717) is 22.9 Å². The highest BCUT2D eigenvalue weighted by Gasteiger charge is 2.41. The van der Waals surface area contributed by atoms with Gasteiger partial charge in [-0.2, -0.15) is 4.98 Å². The van der Waals surface area contributed by atoms with Crippen molar-refractivity contribution in [3.8, 4) is 0 Å². The van der Waals surface area contributed by atoms with Crippen LogP contribution >= 0.6 is 0 Å². The smallest absolute Gasteiger partial charge is 0.350 e. The van der Waals surface area contributed by atoms with Crippen LogP contribution in [-0.2, 0) is 16.6 Å². The molecule has 32 heavy (non-hydrogen) atoms. The van der Waals surface area contributed by atoms with Gasteiger partial charge < -0.3 is 10.1 Å². The van der Waals surface area contributed by atoms with E-state index >= 15 is 0 Å². The molecular weight excluding hydrogens is 404 g/mol. The van der Waals surface area contributed by atoms with Crippen LogP contribution in [0.25, 0.3) is 0 Å². The number of nitrogens with zero attached hydrogens (tertiary/aromatic N) is 3. The molecule has 2 atom stereocenters. The van der Waals surface area contributed by atoms with Gasteiger partial charge >= 0.3 is 11.7 Å². The first-order valence-corrected chi connectivity index (χ1v) is 10.6. The van der Waals surface area contributed by atoms with Gasteiger partial charge in [0.1, 0.15) is 17.6 Å². The first-order chi connectivity index (χ1) is 15.4. The van der Waals surface area contributed by atoms with Crippen molar-refractivity contribution in [3.05, 3.63) is 81.8 Å². The molecule has 1 N–H and O–H groups in total. The highest BCUT2D eigenvalue weighted by molar-refractivity contribution is 6.05. The molecule has 0 saturated carbocycles. The number of fused-ring (bicyclic) bond motifs is 1. The van der Waals surface area contributed by atoms with Crippen molar-refractivity contribution in [1.29, 1.82) is 0 Å². The van der Waals surface area contributed by atoms with Crippen molar-refractivity contribution in [2.75, 3.05) is 11.9 Å². The standard InChI is InChI=1S/C25H26N4O3/c1-5-32-24(30)19-16(3)26-23-21(20(19)17-9-7-6-8-10-17)22(28-25(31)29(23)4)27-18-13-11-15(2)12-14-18/h6-14,19-20H,5H2,1-4H3,(H,27,28,31). The Bertz CT molecular complexity index is 1230. The van der Waals surface area contributed by atoms with E-state index in [9.17, 15) is 9.59 Å². The molecule has 1 aliphatic heterocycles. The fourth-order valence-corrected chi connectivity index (χ4v) is 4.10. The highest BCUT2D eigenvalue weighted by atomic mass is 16.5. The Morgan fingerprint density at radius 2 is 1.78 bits per heavy atom. The Morgan fingerprint density at radius 1 is 1.09 bits per heavy atom. The van der Waals surface area contributed by atoms with Crippen LogP contribution < -0.4 is 11.0 Å². The van der Waals surface area contributed by atoms with E-state index < -0.39 is 17.5 Å². The maximum atomic E-state index is 13.0. The number of rotatable bonds is 5. The number of carbonyl (C=O) groups is 1. The van der Waals surface area contributed by atoms with E-state index in [1.165, 1.54) is 4.57 Å². The van der Waals surface area contributed by atoms with Crippen LogP contribution in [0.4, 0.5) is 17.3 Å². The highest BCUT2D eigenvalue weighted by Crippen LogP contribution is 2.45. The lowest BCUT2D eigenvalue weighted by Crippen LogP contribution is -2.36. The largest absolute Gasteiger partial charge is 0.465 e. The van der Waals surface area contributed by atoms with E-state index in [1.807, 2.05) is 61.5 Å². The van der Waals surface area contributed by atoms with Crippen LogP contribution in [0.5, 0.6) is 0 Å². The fraction of sp³-hybridized carbons (Fsp3) is 0.280. The molecule has 2 unspecified atom stereocenters. The van der Waals surface area contributed by atoms with Crippen LogP contribution in [0.15, 0.2) is 64.4 Å². The summed E-state index contributed by atoms with van der Waals surface area (Å²) in [4.78, 5) is 34.7. The Kier molecular flexibility index (Phi) is 5.90. The van der Waals surface area contributed by atoms with Crippen LogP contribution in [0.2, 0.25) is 0 Å². The number of hydrogen-bond acceptors (Lipinski definition) is 6. The summed E-state index contributed by atoms with van der Waals surface area (Å²) in [5, 5.41) is 3.29. The second-order valence-electron chi connectivity index (χ2n) is 7.90. The van der Waals surface area contributed by atoms with Gasteiger partial charge in [0.2, 0.25) is 0 Å². The molecule has 1 aromatic heterocycles. The minimum Gasteiger partial charge on any atom is -0.465 e. The zero-order valence-corrected chi connectivity index (χ0v) is 18.6. The zero-order chi connectivity index (χ0) is 22.8. The molecule has 7 heteroatoms. The molecule has 2 aromatic carbocycles. The molecule has 4 rings (SSSR count). The maximum Gasteiger partial charge on any atom is 0.350 e. The predicted octanol–water partition coefficient (Wildman–Crippen LogP) is 4.25. The van der Waals surface area contributed by atoms with Gasteiger partial charge in [0.25, 0.3) is 0 Å². The molecule has 0 spiro atoms. The number of aryl methyl sites for hydroxylation is 1. The minimum atomic E-state index is -0.622. The van der Waals surface area contributed by atoms with Gasteiger partial charge in [-0.25, -0.2) is 9.79 Å². The molecule has 0 radical (unpaired) electrons. The van der Waals surface area contributed by atoms with Crippen molar-refractivity contribution in [1.82, 2.24) is 9.55 Å². The number of benzene rings is 2. The van der Waals surface area contributed by atoms with Gasteiger partial charge in [-0.3, -0.25) is 9.36 Å². The van der Waals surface area contributed by atoms with Crippen molar-refractivity contribution >= 4 is 29.0 Å². The Hall–Kier alpha value is -3.74. The summed E-state index contributed by atoms with van der Waals surface area (Å²) in [6.07, 6.45) is 0. The van der Waals surface area contributed by atoms with Crippen LogP contribution in [0.3, 0.4) is 0 Å². The molecular formula is C25H26N4O3. The third-order valence-electron chi connectivity index (χ3n) is 5.70. The van der Waals surface area contributed by atoms with Crippen molar-refractivity contribution in [3.63, 3.8) is 0 Å². The summed E-state index contributed by atoms with van der Waals surface area (Å²) in [7, 11) is 1.65. The summed E-state index contributed by atoms with van der Waals surface area (Å²) < 4.78 is 6.84. The second-order valence-corrected chi connectivity index (χ2v) is 7.90. The molecule has 2 heterocycles. The van der Waals surface area contributed by atoms with E-state index in [4.69, 9.17) is 4.74 Å². The average molecular weight is 431 g/mol. The number of aliphatic imine (C=N–C) groups is 1. The van der Waals surface area contributed by atoms with E-state index in [0.717, 1.165) is 16.8 Å². The number of aromatic nitrogens is 2. The maximum absolute atomic E-state index is 13.0. The third kappa shape index (κ3) is 3.93. The first kappa shape index (κ1) is 21.5. The number of esters is 1. The summed E-state index contributed by atoms with van der Waals surface area (Å²) in [6.45, 7) is 5.87. The molecule has 7 nitrogen and oxygen atoms in total. The van der Waals surface area contributed by atoms with Crippen molar-refractivity contribution in [2.45, 2.75) is 26.7 Å². The van der Waals surface area contributed by atoms with Gasteiger partial charge in [-0.1, -0.05) is 48.0 Å². The Balaban J connectivity index is 1.96. The lowest BCUT2D eigenvalue weighted by atomic mass is 9.76. The zero-order valence-electron chi connectivity index (χ0n) is 18.6. The van der Waals surface area contributed by atoms with Crippen LogP contribution in [0.1, 0.15) is 36.5 Å². The SMILES string of the molecule is CCOC(=O)C1C(C)=Nc2c(c(Nc3ccc(C)cc3)nc(=O)n2C)C1c1ccccc1. The summed E-state index contributed by atoms with van der Waals surface area (Å²) in [6, 6.07) is 17.6. The van der Waals surface area contributed by atoms with Gasteiger partial charge in [0.15, 0.2) is 0 Å². The van der Waals surface area contributed by atoms with E-state index in [-0.39, 0.29) is 12.6 Å². The number of carbonyl (C=O) groups excluding carboxylic acids is 1. The summed E-state index contributed by atoms with van der Waals surface area (Å²) in [5.41, 5.74) is 3.73. The predicted molar refractivity (Wildman–Crippen MR) is 125 cm³/mol. The molecule has 164 valence electrons. The average Bonchev–Trinajstić information content (AvgIpc) is 2.78. The number of nitrogens with one attached hydrogen (secondary N) is 1. The lowest BCUT2D eigenvalue weighted by molar-refractivity contribution is -0.146. The number of ether oxygens (including phenoxy) is 1. The van der Waals surface area contributed by atoms with Crippen LogP contribution in [0, 0.1) is 12.8 Å². The first-order valence-electron chi connectivity index (χ1n) is 10.6. The molecule has 0 aliphatic carbocycles. The van der Waals surface area contributed by atoms with E-state index in [2.05, 4.69) is 15.3 Å². The fourth-order valence-electron chi connectivity index (χ4n) is 4.10. The Labute approximate surface area is 186 Å². The molecule has 1 aliphatic rings. The van der Waals surface area contributed by atoms with Crippen molar-refractivity contribution < 1.29 is 9.53 Å². The summed E-state index contributed by atoms with van der Waals surface area (Å²) >= 11 is 0. The molecule has 0 bridgehead atoms. The number of anilines is 2. The molecule has 3 aromatic rings. The van der Waals surface area contributed by atoms with Gasteiger partial charge in [-0.15, -0.1) is 0 Å². The van der Waals surface area contributed by atoms with Gasteiger partial charge in [0, 0.05) is 29.9 Å². The molecule has 0 saturated heterocycles. The third-order valence-corrected chi connectivity index (χ3v) is 5.70. The van der Waals surface area contributed by atoms with Crippen molar-refractivity contribution in [2.24, 2.45) is 18.0 Å². The quantitative estimate of drug-likeness (QED) is 0.612. The van der Waals surface area contributed by atoms with Gasteiger partial charge in [0.05, 0.1) is 6.61 Å². The minimum absolute atomic E-state index is 0.275.